The van der Waals surface area contributed by atoms with Crippen molar-refractivity contribution < 1.29 is 21.6 Å². The summed E-state index contributed by atoms with van der Waals surface area (Å²) in [6.45, 7) is 0. The van der Waals surface area contributed by atoms with Crippen molar-refractivity contribution in [3.63, 3.8) is 0 Å². The van der Waals surface area contributed by atoms with Crippen LogP contribution in [-0.4, -0.2) is 68.9 Å². The first kappa shape index (κ1) is 19.0. The summed E-state index contributed by atoms with van der Waals surface area (Å²) in [7, 11) is 3.20. The van der Waals surface area contributed by atoms with Crippen molar-refractivity contribution >= 4 is 36.4 Å². The zero-order chi connectivity index (χ0) is 16.1. The molecule has 0 aliphatic carbocycles. The monoisotopic (exact) mass is 346 g/mol. The summed E-state index contributed by atoms with van der Waals surface area (Å²) in [5.41, 5.74) is 0. The van der Waals surface area contributed by atoms with Crippen LogP contribution < -0.4 is 0 Å². The van der Waals surface area contributed by atoms with Gasteiger partial charge in [-0.25, -0.2) is 8.96 Å². The van der Waals surface area contributed by atoms with Crippen molar-refractivity contribution in [3.8, 4) is 0 Å². The normalized spacial score (nSPS) is 12.2. The van der Waals surface area contributed by atoms with E-state index in [-0.39, 0.29) is 5.82 Å². The highest BCUT2D eigenvalue weighted by molar-refractivity contribution is 8.11. The Bertz CT molecular complexity index is 650. The fourth-order valence-electron chi connectivity index (χ4n) is 0.757. The summed E-state index contributed by atoms with van der Waals surface area (Å²) in [5.74, 6) is -0.131. The first-order chi connectivity index (χ1) is 8.94. The Hall–Kier alpha value is -1.01. The van der Waals surface area contributed by atoms with Crippen molar-refractivity contribution in [1.82, 2.24) is 17.6 Å². The average Bonchev–Trinajstić information content (AvgIpc) is 2.76. The Morgan fingerprint density at radius 3 is 1.90 bits per heavy atom. The van der Waals surface area contributed by atoms with Crippen molar-refractivity contribution in [3.05, 3.63) is 18.2 Å². The van der Waals surface area contributed by atoms with Crippen molar-refractivity contribution in [1.29, 1.82) is 0 Å². The summed E-state index contributed by atoms with van der Waals surface area (Å²) >= 11 is 0. The molecule has 0 fully saturated rings. The number of nitrogens with zero attached hydrogens (tertiary/aromatic N) is 4. The van der Waals surface area contributed by atoms with Crippen LogP contribution in [0, 0.1) is 0 Å². The molecule has 0 amide bonds. The molecule has 0 aliphatic heterocycles. The van der Waals surface area contributed by atoms with E-state index < -0.39 is 19.4 Å². The van der Waals surface area contributed by atoms with E-state index in [2.05, 4.69) is 4.98 Å². The van der Waals surface area contributed by atoms with Gasteiger partial charge in [0.2, 0.25) is 0 Å². The Morgan fingerprint density at radius 1 is 1.15 bits per heavy atom. The lowest BCUT2D eigenvalue weighted by Gasteiger charge is -2.11. The van der Waals surface area contributed by atoms with E-state index in [0.717, 1.165) is 12.6 Å². The third-order valence-electron chi connectivity index (χ3n) is 1.89. The van der Waals surface area contributed by atoms with Crippen LogP contribution in [0.1, 0.15) is 10.6 Å². The number of imidazole rings is 1. The minimum atomic E-state index is -3.62. The smallest absolute Gasteiger partial charge is 0.294 e. The van der Waals surface area contributed by atoms with Crippen molar-refractivity contribution in [2.24, 2.45) is 0 Å². The first-order valence-electron chi connectivity index (χ1n) is 4.98. The number of aldehydes is 1. The second-order valence-electron chi connectivity index (χ2n) is 3.71. The Kier molecular flexibility index (Phi) is 6.77. The van der Waals surface area contributed by atoms with Crippen LogP contribution in [0.2, 0.25) is 0 Å². The van der Waals surface area contributed by atoms with Gasteiger partial charge in [-0.05, 0) is 0 Å². The van der Waals surface area contributed by atoms with E-state index in [1.54, 1.807) is 0 Å². The fraction of sp³-hybridized carbons (Fsp3) is 0.500. The number of carbonyl (C=O) groups excluding carboxylic acids is 1. The third-order valence-corrected chi connectivity index (χ3v) is 5.32. The molecule has 1 aromatic rings. The number of halogens is 1. The van der Waals surface area contributed by atoms with Crippen LogP contribution in [0.3, 0.4) is 0 Å². The van der Waals surface area contributed by atoms with Gasteiger partial charge in [0.1, 0.15) is 0 Å². The van der Waals surface area contributed by atoms with E-state index in [0.29, 0.717) is 6.29 Å². The summed E-state index contributed by atoms with van der Waals surface area (Å²) in [6, 6.07) is 0. The fourth-order valence-corrected chi connectivity index (χ4v) is 1.64. The highest BCUT2D eigenvalue weighted by atomic mass is 35.7. The van der Waals surface area contributed by atoms with Crippen LogP contribution in [0.15, 0.2) is 12.4 Å². The quantitative estimate of drug-likeness (QED) is 0.531. The van der Waals surface area contributed by atoms with Gasteiger partial charge in [0.15, 0.2) is 12.1 Å². The SMILES string of the molecule is CN(C)S(=O)(=O)Cl.CN(C)S(=O)(=O)n1ccnc1C=O. The van der Waals surface area contributed by atoms with Gasteiger partial charge in [-0.2, -0.15) is 25.4 Å². The highest BCUT2D eigenvalue weighted by Gasteiger charge is 2.18. The molecule has 1 rings (SSSR count). The first-order valence-corrected chi connectivity index (χ1v) is 8.64. The van der Waals surface area contributed by atoms with E-state index >= 15 is 0 Å². The summed E-state index contributed by atoms with van der Waals surface area (Å²) < 4.78 is 45.7. The Labute approximate surface area is 122 Å². The molecule has 0 unspecified atom stereocenters. The number of carbonyl (C=O) groups is 1. The maximum absolute atomic E-state index is 11.5. The van der Waals surface area contributed by atoms with Crippen LogP contribution in [0.5, 0.6) is 0 Å². The molecule has 0 saturated heterocycles. The molecule has 1 heterocycles. The molecule has 0 radical (unpaired) electrons. The zero-order valence-corrected chi connectivity index (χ0v) is 13.6. The van der Waals surface area contributed by atoms with Gasteiger partial charge >= 0.3 is 10.2 Å². The molecule has 116 valence electrons. The summed E-state index contributed by atoms with van der Waals surface area (Å²) in [6.07, 6.45) is 2.87. The van der Waals surface area contributed by atoms with E-state index in [4.69, 9.17) is 10.7 Å². The predicted molar refractivity (Wildman–Crippen MR) is 74.1 cm³/mol. The second kappa shape index (κ2) is 7.13. The van der Waals surface area contributed by atoms with Gasteiger partial charge in [0.05, 0.1) is 0 Å². The summed E-state index contributed by atoms with van der Waals surface area (Å²) in [5, 5.41) is 0. The molecular formula is C8H15ClN4O5S2. The zero-order valence-electron chi connectivity index (χ0n) is 11.3. The average molecular weight is 347 g/mol. The van der Waals surface area contributed by atoms with Gasteiger partial charge < -0.3 is 0 Å². The Morgan fingerprint density at radius 2 is 1.60 bits per heavy atom. The lowest BCUT2D eigenvalue weighted by molar-refractivity contribution is 0.111. The van der Waals surface area contributed by atoms with Crippen LogP contribution in [0.4, 0.5) is 0 Å². The molecule has 0 aliphatic rings. The molecule has 9 nitrogen and oxygen atoms in total. The molecule has 0 bridgehead atoms. The van der Waals surface area contributed by atoms with E-state index in [1.165, 1.54) is 40.6 Å². The van der Waals surface area contributed by atoms with Gasteiger partial charge in [-0.3, -0.25) is 4.79 Å². The number of rotatable bonds is 4. The predicted octanol–water partition coefficient (Wildman–Crippen LogP) is -0.618. The number of hydrogen-bond donors (Lipinski definition) is 0. The second-order valence-corrected chi connectivity index (χ2v) is 8.46. The maximum atomic E-state index is 11.5. The molecule has 0 aromatic carbocycles. The lowest BCUT2D eigenvalue weighted by atomic mass is 10.7. The van der Waals surface area contributed by atoms with E-state index in [1.807, 2.05) is 0 Å². The molecule has 0 spiro atoms. The topological polar surface area (TPSA) is 110 Å². The van der Waals surface area contributed by atoms with Crippen molar-refractivity contribution in [2.45, 2.75) is 0 Å². The third kappa shape index (κ3) is 5.17. The minimum absolute atomic E-state index is 0.131. The Balaban J connectivity index is 0.000000441. The highest BCUT2D eigenvalue weighted by Crippen LogP contribution is 2.03. The van der Waals surface area contributed by atoms with E-state index in [9.17, 15) is 21.6 Å². The van der Waals surface area contributed by atoms with Crippen molar-refractivity contribution in [2.75, 3.05) is 28.2 Å². The molecule has 20 heavy (non-hydrogen) atoms. The lowest BCUT2D eigenvalue weighted by Crippen LogP contribution is -2.29. The molecule has 1 aromatic heterocycles. The maximum Gasteiger partial charge on any atom is 0.308 e. The van der Waals surface area contributed by atoms with Gasteiger partial charge in [-0.1, -0.05) is 0 Å². The largest absolute Gasteiger partial charge is 0.308 e. The number of aromatic nitrogens is 2. The standard InChI is InChI=1S/C6H9N3O3S.C2H6ClNO2S/c1-8(2)13(11,12)9-4-3-7-6(9)5-10;1-4(2)7(3,5)6/h3-5H,1-2H3;1-2H3. The summed E-state index contributed by atoms with van der Waals surface area (Å²) in [4.78, 5) is 14.0. The van der Waals surface area contributed by atoms with Gasteiger partial charge in [0.25, 0.3) is 9.24 Å². The van der Waals surface area contributed by atoms with Crippen LogP contribution in [-0.2, 0) is 19.4 Å². The molecule has 0 saturated carbocycles. The number of hydrogen-bond acceptors (Lipinski definition) is 6. The van der Waals surface area contributed by atoms with Gasteiger partial charge in [0, 0.05) is 51.3 Å². The molecule has 0 atom stereocenters. The van der Waals surface area contributed by atoms with Crippen LogP contribution >= 0.6 is 10.7 Å². The molecule has 0 N–H and O–H groups in total. The van der Waals surface area contributed by atoms with Gasteiger partial charge in [-0.15, -0.1) is 0 Å². The van der Waals surface area contributed by atoms with Crippen LogP contribution in [0.25, 0.3) is 0 Å². The molecule has 12 heteroatoms. The molecular weight excluding hydrogens is 332 g/mol. The minimum Gasteiger partial charge on any atom is -0.294 e.